The zero-order valence-electron chi connectivity index (χ0n) is 36.2. The van der Waals surface area contributed by atoms with Gasteiger partial charge in [-0.1, -0.05) is 47.7 Å². The molecule has 5 aliphatic rings. The minimum atomic E-state index is -0.991. The van der Waals surface area contributed by atoms with Crippen LogP contribution in [-0.2, 0) is 20.9 Å². The molecule has 1 aliphatic carbocycles. The van der Waals surface area contributed by atoms with E-state index in [1.54, 1.807) is 24.3 Å². The first-order valence-corrected chi connectivity index (χ1v) is 22.8. The Hall–Kier alpha value is -6.28. The number of nitriles is 1. The molecule has 5 amide bonds. The van der Waals surface area contributed by atoms with E-state index in [4.69, 9.17) is 16.7 Å². The highest BCUT2D eigenvalue weighted by molar-refractivity contribution is 6.32. The van der Waals surface area contributed by atoms with Crippen LogP contribution in [-0.4, -0.2) is 105 Å². The molecule has 1 saturated carbocycles. The second-order valence-electron chi connectivity index (χ2n) is 17.8. The summed E-state index contributed by atoms with van der Waals surface area (Å²) in [6.45, 7) is 9.30. The normalized spacial score (nSPS) is 21.9. The van der Waals surface area contributed by atoms with Gasteiger partial charge in [-0.15, -0.1) is 0 Å². The standard InChI is InChI=1S/C50H51ClN8O5/c1-31-32(2)58(54-46(31)37-16-17-38(29-52)41(51)28-37)30-35-10-8-33(9-11-35)6-7-34-12-14-36(15-13-34)48(62)57-26-24-55(25-27-57)39-20-22-56(23-21-39)42-5-3-4-40-45(42)50(64)59(49(40)63)43-18-19-44(60)53-47(43)61/h3-5,8-11,16-17,28,34,36,39,43H,12-15,18-27,30H2,1-2H3,(H,53,60,61). The average Bonchev–Trinajstić information content (AvgIpc) is 3.74. The van der Waals surface area contributed by atoms with Crippen molar-refractivity contribution in [3.63, 3.8) is 0 Å². The third-order valence-electron chi connectivity index (χ3n) is 14.0. The van der Waals surface area contributed by atoms with Gasteiger partial charge in [0.25, 0.3) is 11.8 Å². The van der Waals surface area contributed by atoms with E-state index in [0.29, 0.717) is 40.0 Å². The lowest BCUT2D eigenvalue weighted by Gasteiger charge is -2.44. The van der Waals surface area contributed by atoms with Crippen molar-refractivity contribution in [2.45, 2.75) is 83.8 Å². The van der Waals surface area contributed by atoms with Crippen molar-refractivity contribution in [1.29, 1.82) is 5.26 Å². The molecule has 0 bridgehead atoms. The fraction of sp³-hybridized carbons (Fsp3) is 0.420. The molecule has 0 spiro atoms. The summed E-state index contributed by atoms with van der Waals surface area (Å²) in [5, 5.41) is 16.8. The van der Waals surface area contributed by atoms with Gasteiger partial charge in [0, 0.05) is 80.4 Å². The van der Waals surface area contributed by atoms with E-state index in [1.807, 2.05) is 16.8 Å². The van der Waals surface area contributed by atoms with Crippen LogP contribution in [0.4, 0.5) is 5.69 Å². The predicted molar refractivity (Wildman–Crippen MR) is 241 cm³/mol. The molecule has 5 heterocycles. The number of nitrogens with one attached hydrogen (secondary N) is 1. The number of aromatic nitrogens is 2. The van der Waals surface area contributed by atoms with Crippen molar-refractivity contribution in [3.05, 3.63) is 105 Å². The number of piperidine rings is 2. The summed E-state index contributed by atoms with van der Waals surface area (Å²) in [6, 6.07) is 20.5. The van der Waals surface area contributed by atoms with Crippen molar-refractivity contribution < 1.29 is 24.0 Å². The minimum Gasteiger partial charge on any atom is -0.371 e. The molecule has 4 fully saturated rings. The van der Waals surface area contributed by atoms with Gasteiger partial charge in [-0.3, -0.25) is 43.8 Å². The first kappa shape index (κ1) is 43.0. The SMILES string of the molecule is Cc1c(-c2ccc(C#N)c(Cl)c2)nn(Cc2ccc(C#CC3CCC(C(=O)N4CCN(C5CCN(c6cccc7c6C(=O)N(C6CCC(=O)NC6=O)C7=O)CC5)CC4)CC3)cc2)c1C. The first-order chi connectivity index (χ1) is 31.0. The molecule has 4 aliphatic heterocycles. The van der Waals surface area contributed by atoms with Crippen molar-refractivity contribution in [2.75, 3.05) is 44.2 Å². The number of anilines is 1. The number of fused-ring (bicyclic) bond motifs is 1. The van der Waals surface area contributed by atoms with Gasteiger partial charge in [-0.25, -0.2) is 0 Å². The number of rotatable bonds is 7. The summed E-state index contributed by atoms with van der Waals surface area (Å²) in [6.07, 6.45) is 5.57. The lowest BCUT2D eigenvalue weighted by molar-refractivity contribution is -0.139. The maximum atomic E-state index is 13.7. The lowest BCUT2D eigenvalue weighted by Crippen LogP contribution is -2.55. The van der Waals surface area contributed by atoms with Gasteiger partial charge >= 0.3 is 0 Å². The molecule has 1 atom stereocenters. The number of amides is 5. The lowest BCUT2D eigenvalue weighted by atomic mass is 9.81. The molecule has 328 valence electrons. The van der Waals surface area contributed by atoms with E-state index < -0.39 is 29.7 Å². The minimum absolute atomic E-state index is 0.0454. The maximum Gasteiger partial charge on any atom is 0.264 e. The molecule has 64 heavy (non-hydrogen) atoms. The van der Waals surface area contributed by atoms with Crippen LogP contribution in [0.25, 0.3) is 11.3 Å². The van der Waals surface area contributed by atoms with E-state index in [9.17, 15) is 29.2 Å². The third-order valence-corrected chi connectivity index (χ3v) is 14.4. The molecule has 9 rings (SSSR count). The summed E-state index contributed by atoms with van der Waals surface area (Å²) in [7, 11) is 0. The van der Waals surface area contributed by atoms with E-state index in [1.165, 1.54) is 0 Å². The maximum absolute atomic E-state index is 13.7. The van der Waals surface area contributed by atoms with Crippen LogP contribution >= 0.6 is 11.6 Å². The van der Waals surface area contributed by atoms with Gasteiger partial charge in [0.2, 0.25) is 17.7 Å². The fourth-order valence-electron chi connectivity index (χ4n) is 10.2. The van der Waals surface area contributed by atoms with Crippen LogP contribution in [0.15, 0.2) is 60.7 Å². The third kappa shape index (κ3) is 8.43. The number of nitrogens with zero attached hydrogens (tertiary/aromatic N) is 7. The topological polar surface area (TPSA) is 152 Å². The molecular weight excluding hydrogens is 828 g/mol. The largest absolute Gasteiger partial charge is 0.371 e. The number of carbonyl (C=O) groups excluding carboxylic acids is 5. The van der Waals surface area contributed by atoms with Gasteiger partial charge in [0.05, 0.1) is 39.6 Å². The van der Waals surface area contributed by atoms with Crippen molar-refractivity contribution in [3.8, 4) is 29.2 Å². The molecule has 3 saturated heterocycles. The van der Waals surface area contributed by atoms with Crippen LogP contribution in [0.3, 0.4) is 0 Å². The van der Waals surface area contributed by atoms with E-state index in [0.717, 1.165) is 116 Å². The summed E-state index contributed by atoms with van der Waals surface area (Å²) in [5.41, 5.74) is 7.78. The van der Waals surface area contributed by atoms with Crippen molar-refractivity contribution in [1.82, 2.24) is 29.8 Å². The number of halogens is 1. The fourth-order valence-corrected chi connectivity index (χ4v) is 10.4. The summed E-state index contributed by atoms with van der Waals surface area (Å²) >= 11 is 6.31. The zero-order chi connectivity index (χ0) is 44.6. The smallest absolute Gasteiger partial charge is 0.264 e. The Bertz CT molecular complexity index is 2630. The Labute approximate surface area is 378 Å². The Morgan fingerprint density at radius 3 is 2.28 bits per heavy atom. The van der Waals surface area contributed by atoms with Crippen molar-refractivity contribution >= 4 is 46.8 Å². The Balaban J connectivity index is 0.720. The number of imide groups is 2. The quantitative estimate of drug-likeness (QED) is 0.171. The number of piperazine rings is 1. The highest BCUT2D eigenvalue weighted by atomic mass is 35.5. The molecule has 13 nitrogen and oxygen atoms in total. The monoisotopic (exact) mass is 878 g/mol. The van der Waals surface area contributed by atoms with Crippen molar-refractivity contribution in [2.24, 2.45) is 11.8 Å². The summed E-state index contributed by atoms with van der Waals surface area (Å²) in [4.78, 5) is 72.8. The number of benzene rings is 3. The Kier molecular flexibility index (Phi) is 12.1. The van der Waals surface area contributed by atoms with Gasteiger partial charge in [-0.05, 0) is 106 Å². The summed E-state index contributed by atoms with van der Waals surface area (Å²) < 4.78 is 2.00. The van der Waals surface area contributed by atoms with Crippen LogP contribution in [0.1, 0.15) is 100 Å². The van der Waals surface area contributed by atoms with E-state index in [-0.39, 0.29) is 30.6 Å². The first-order valence-electron chi connectivity index (χ1n) is 22.4. The molecule has 1 unspecified atom stereocenters. The van der Waals surface area contributed by atoms with Crippen LogP contribution in [0.5, 0.6) is 0 Å². The van der Waals surface area contributed by atoms with Gasteiger partial charge in [0.15, 0.2) is 0 Å². The zero-order valence-corrected chi connectivity index (χ0v) is 37.0. The molecule has 14 heteroatoms. The average molecular weight is 879 g/mol. The van der Waals surface area contributed by atoms with Crippen LogP contribution in [0.2, 0.25) is 5.02 Å². The van der Waals surface area contributed by atoms with Crippen LogP contribution < -0.4 is 10.2 Å². The predicted octanol–water partition coefficient (Wildman–Crippen LogP) is 6.11. The molecular formula is C50H51ClN8O5. The van der Waals surface area contributed by atoms with Gasteiger partial charge in [0.1, 0.15) is 12.1 Å². The van der Waals surface area contributed by atoms with E-state index in [2.05, 4.69) is 76.0 Å². The highest BCUT2D eigenvalue weighted by Crippen LogP contribution is 2.37. The molecule has 0 radical (unpaired) electrons. The second-order valence-corrected chi connectivity index (χ2v) is 18.2. The highest BCUT2D eigenvalue weighted by Gasteiger charge is 2.46. The number of hydrogen-bond acceptors (Lipinski definition) is 9. The molecule has 1 aromatic heterocycles. The Morgan fingerprint density at radius 2 is 1.59 bits per heavy atom. The molecule has 4 aromatic rings. The second kappa shape index (κ2) is 18.1. The molecule has 3 aromatic carbocycles. The van der Waals surface area contributed by atoms with Gasteiger partial charge in [-0.2, -0.15) is 10.4 Å². The van der Waals surface area contributed by atoms with Gasteiger partial charge < -0.3 is 9.80 Å². The van der Waals surface area contributed by atoms with Crippen LogP contribution in [0, 0.1) is 48.9 Å². The van der Waals surface area contributed by atoms with E-state index >= 15 is 0 Å². The summed E-state index contributed by atoms with van der Waals surface area (Å²) in [5.74, 6) is 5.50. The Morgan fingerprint density at radius 1 is 0.859 bits per heavy atom. The molecule has 1 N–H and O–H groups in total. The number of hydrogen-bond donors (Lipinski definition) is 1. The number of carbonyl (C=O) groups is 5.